The van der Waals surface area contributed by atoms with Crippen LogP contribution in [0.5, 0.6) is 0 Å². The third-order valence-corrected chi connectivity index (χ3v) is 3.79. The van der Waals surface area contributed by atoms with E-state index in [1.165, 1.54) is 5.56 Å². The maximum Gasteiger partial charge on any atom is 0.276 e. The molecule has 1 aromatic carbocycles. The van der Waals surface area contributed by atoms with Crippen molar-refractivity contribution in [3.05, 3.63) is 59.5 Å². The molecule has 3 aromatic rings. The lowest BCUT2D eigenvalue weighted by molar-refractivity contribution is 0.102. The van der Waals surface area contributed by atoms with E-state index >= 15 is 0 Å². The summed E-state index contributed by atoms with van der Waals surface area (Å²) in [5.74, 6) is 1.39. The van der Waals surface area contributed by atoms with Crippen LogP contribution in [0.4, 0.5) is 17.3 Å². The summed E-state index contributed by atoms with van der Waals surface area (Å²) in [7, 11) is 0. The molecule has 0 atom stereocenters. The first kappa shape index (κ1) is 17.6. The molecule has 0 fully saturated rings. The summed E-state index contributed by atoms with van der Waals surface area (Å²) in [5, 5.41) is 17.5. The second kappa shape index (κ2) is 6.95. The molecule has 0 aliphatic carbocycles. The van der Waals surface area contributed by atoms with Gasteiger partial charge in [-0.05, 0) is 42.2 Å². The summed E-state index contributed by atoms with van der Waals surface area (Å²) in [6.07, 6.45) is 0. The van der Waals surface area contributed by atoms with E-state index in [0.29, 0.717) is 23.1 Å². The molecule has 0 saturated heterocycles. The van der Waals surface area contributed by atoms with Gasteiger partial charge in [0, 0.05) is 11.8 Å². The van der Waals surface area contributed by atoms with Crippen molar-refractivity contribution in [1.29, 1.82) is 0 Å². The topological polar surface area (TPSA) is 92.9 Å². The summed E-state index contributed by atoms with van der Waals surface area (Å²) in [6, 6.07) is 12.8. The van der Waals surface area contributed by atoms with Gasteiger partial charge < -0.3 is 15.2 Å². The molecule has 134 valence electrons. The van der Waals surface area contributed by atoms with E-state index in [-0.39, 0.29) is 17.0 Å². The van der Waals surface area contributed by atoms with E-state index in [0.717, 1.165) is 0 Å². The standard InChI is InChI=1S/C19H21N5O2/c1-12-11-17(24-26-12)21-16-10-9-15(22-23-16)18(25)20-14-7-5-13(6-8-14)19(2,3)4/h5-11H,1-4H3,(H,20,25)(H,21,23,24). The minimum absolute atomic E-state index is 0.0687. The third kappa shape index (κ3) is 4.24. The van der Waals surface area contributed by atoms with E-state index in [1.54, 1.807) is 25.1 Å². The SMILES string of the molecule is Cc1cc(Nc2ccc(C(=O)Nc3ccc(C(C)(C)C)cc3)nn2)no1. The molecule has 2 aromatic heterocycles. The molecule has 26 heavy (non-hydrogen) atoms. The van der Waals surface area contributed by atoms with Gasteiger partial charge in [-0.1, -0.05) is 38.1 Å². The van der Waals surface area contributed by atoms with E-state index in [2.05, 4.69) is 46.8 Å². The zero-order valence-corrected chi connectivity index (χ0v) is 15.2. The van der Waals surface area contributed by atoms with Crippen molar-refractivity contribution in [2.24, 2.45) is 0 Å². The van der Waals surface area contributed by atoms with Crippen LogP contribution in [0, 0.1) is 6.92 Å². The lowest BCUT2D eigenvalue weighted by Crippen LogP contribution is -2.15. The van der Waals surface area contributed by atoms with Gasteiger partial charge in [-0.3, -0.25) is 4.79 Å². The number of amides is 1. The molecule has 7 heteroatoms. The largest absolute Gasteiger partial charge is 0.360 e. The molecule has 2 heterocycles. The molecular formula is C19H21N5O2. The lowest BCUT2D eigenvalue weighted by Gasteiger charge is -2.19. The van der Waals surface area contributed by atoms with Crippen LogP contribution in [0.25, 0.3) is 0 Å². The van der Waals surface area contributed by atoms with Crippen LogP contribution in [0.3, 0.4) is 0 Å². The summed E-state index contributed by atoms with van der Waals surface area (Å²) >= 11 is 0. The fourth-order valence-electron chi connectivity index (χ4n) is 2.33. The van der Waals surface area contributed by atoms with Gasteiger partial charge in [0.1, 0.15) is 5.76 Å². The Morgan fingerprint density at radius 1 is 1.00 bits per heavy atom. The van der Waals surface area contributed by atoms with Crippen molar-refractivity contribution in [1.82, 2.24) is 15.4 Å². The van der Waals surface area contributed by atoms with Crippen LogP contribution in [0.15, 0.2) is 47.0 Å². The average Bonchev–Trinajstić information content (AvgIpc) is 3.00. The van der Waals surface area contributed by atoms with Crippen LogP contribution in [-0.4, -0.2) is 21.3 Å². The Kier molecular flexibility index (Phi) is 4.71. The zero-order valence-electron chi connectivity index (χ0n) is 15.2. The average molecular weight is 351 g/mol. The quantitative estimate of drug-likeness (QED) is 0.736. The highest BCUT2D eigenvalue weighted by molar-refractivity contribution is 6.02. The van der Waals surface area contributed by atoms with Crippen LogP contribution in [-0.2, 0) is 5.41 Å². The Morgan fingerprint density at radius 3 is 2.27 bits per heavy atom. The molecule has 2 N–H and O–H groups in total. The molecule has 0 unspecified atom stereocenters. The molecule has 1 amide bonds. The van der Waals surface area contributed by atoms with Crippen LogP contribution >= 0.6 is 0 Å². The van der Waals surface area contributed by atoms with Gasteiger partial charge in [0.15, 0.2) is 17.3 Å². The minimum atomic E-state index is -0.315. The highest BCUT2D eigenvalue weighted by Crippen LogP contribution is 2.23. The van der Waals surface area contributed by atoms with Crippen molar-refractivity contribution in [3.63, 3.8) is 0 Å². The highest BCUT2D eigenvalue weighted by Gasteiger charge is 2.14. The second-order valence-electron chi connectivity index (χ2n) is 7.03. The van der Waals surface area contributed by atoms with Gasteiger partial charge in [0.2, 0.25) is 0 Å². The Labute approximate surface area is 151 Å². The van der Waals surface area contributed by atoms with Crippen LogP contribution < -0.4 is 10.6 Å². The van der Waals surface area contributed by atoms with Crippen molar-refractivity contribution in [2.75, 3.05) is 10.6 Å². The number of carbonyl (C=O) groups is 1. The van der Waals surface area contributed by atoms with E-state index < -0.39 is 0 Å². The molecule has 0 aliphatic rings. The molecule has 0 bridgehead atoms. The smallest absolute Gasteiger partial charge is 0.276 e. The molecule has 0 radical (unpaired) electrons. The first-order chi connectivity index (χ1) is 12.3. The number of nitrogens with zero attached hydrogens (tertiary/aromatic N) is 3. The lowest BCUT2D eigenvalue weighted by atomic mass is 9.87. The fraction of sp³-hybridized carbons (Fsp3) is 0.263. The summed E-state index contributed by atoms with van der Waals surface area (Å²) < 4.78 is 4.97. The number of hydrogen-bond donors (Lipinski definition) is 2. The van der Waals surface area contributed by atoms with E-state index in [9.17, 15) is 4.79 Å². The summed E-state index contributed by atoms with van der Waals surface area (Å²) in [4.78, 5) is 12.3. The van der Waals surface area contributed by atoms with E-state index in [1.807, 2.05) is 24.3 Å². The van der Waals surface area contributed by atoms with Crippen molar-refractivity contribution >= 4 is 23.2 Å². The minimum Gasteiger partial charge on any atom is -0.360 e. The molecule has 0 saturated carbocycles. The predicted octanol–water partition coefficient (Wildman–Crippen LogP) is 4.07. The Morgan fingerprint density at radius 2 is 1.73 bits per heavy atom. The third-order valence-electron chi connectivity index (χ3n) is 3.79. The second-order valence-corrected chi connectivity index (χ2v) is 7.03. The molecular weight excluding hydrogens is 330 g/mol. The normalized spacial score (nSPS) is 11.2. The van der Waals surface area contributed by atoms with Gasteiger partial charge in [0.25, 0.3) is 5.91 Å². The maximum atomic E-state index is 12.3. The van der Waals surface area contributed by atoms with Gasteiger partial charge in [0.05, 0.1) is 0 Å². The molecule has 7 nitrogen and oxygen atoms in total. The van der Waals surface area contributed by atoms with Crippen LogP contribution in [0.1, 0.15) is 42.6 Å². The first-order valence-electron chi connectivity index (χ1n) is 8.27. The summed E-state index contributed by atoms with van der Waals surface area (Å²) in [5.41, 5.74) is 2.21. The van der Waals surface area contributed by atoms with Gasteiger partial charge in [-0.25, -0.2) is 0 Å². The van der Waals surface area contributed by atoms with Gasteiger partial charge in [-0.15, -0.1) is 10.2 Å². The van der Waals surface area contributed by atoms with Crippen LogP contribution in [0.2, 0.25) is 0 Å². The number of nitrogens with one attached hydrogen (secondary N) is 2. The number of carbonyl (C=O) groups excluding carboxylic acids is 1. The Hall–Kier alpha value is -3.22. The summed E-state index contributed by atoms with van der Waals surface area (Å²) in [6.45, 7) is 8.23. The van der Waals surface area contributed by atoms with E-state index in [4.69, 9.17) is 4.52 Å². The predicted molar refractivity (Wildman–Crippen MR) is 99.6 cm³/mol. The van der Waals surface area contributed by atoms with Gasteiger partial charge in [-0.2, -0.15) is 0 Å². The number of aryl methyl sites for hydroxylation is 1. The molecule has 0 aliphatic heterocycles. The number of benzene rings is 1. The Balaban J connectivity index is 1.64. The monoisotopic (exact) mass is 351 g/mol. The maximum absolute atomic E-state index is 12.3. The highest BCUT2D eigenvalue weighted by atomic mass is 16.5. The van der Waals surface area contributed by atoms with Crippen molar-refractivity contribution in [2.45, 2.75) is 33.1 Å². The number of anilines is 3. The first-order valence-corrected chi connectivity index (χ1v) is 8.27. The zero-order chi connectivity index (χ0) is 18.7. The van der Waals surface area contributed by atoms with Crippen molar-refractivity contribution in [3.8, 4) is 0 Å². The molecule has 3 rings (SSSR count). The fourth-order valence-corrected chi connectivity index (χ4v) is 2.33. The van der Waals surface area contributed by atoms with Crippen molar-refractivity contribution < 1.29 is 9.32 Å². The van der Waals surface area contributed by atoms with Gasteiger partial charge >= 0.3 is 0 Å². The molecule has 0 spiro atoms. The number of rotatable bonds is 4. The Bertz CT molecular complexity index is 893. The number of aromatic nitrogens is 3. The number of hydrogen-bond acceptors (Lipinski definition) is 6.